The van der Waals surface area contributed by atoms with Gasteiger partial charge in [-0.3, -0.25) is 13.9 Å². The summed E-state index contributed by atoms with van der Waals surface area (Å²) in [7, 11) is -3.64. The van der Waals surface area contributed by atoms with E-state index in [4.69, 9.17) is 23.2 Å². The number of aryl methyl sites for hydroxylation is 1. The highest BCUT2D eigenvalue weighted by Crippen LogP contribution is 2.27. The van der Waals surface area contributed by atoms with Gasteiger partial charge in [-0.05, 0) is 67.1 Å². The lowest BCUT2D eigenvalue weighted by molar-refractivity contribution is -0.141. The molecule has 230 valence electrons. The van der Waals surface area contributed by atoms with Crippen molar-refractivity contribution >= 4 is 50.7 Å². The largest absolute Gasteiger partial charge is 0.352 e. The third-order valence-electron chi connectivity index (χ3n) is 7.83. The molecule has 0 bridgehead atoms. The highest BCUT2D eigenvalue weighted by molar-refractivity contribution is 7.92. The lowest BCUT2D eigenvalue weighted by atomic mass is 10.0. The number of carbonyl (C=O) groups is 2. The zero-order chi connectivity index (χ0) is 31.0. The molecule has 0 aromatic heterocycles. The van der Waals surface area contributed by atoms with Crippen LogP contribution >= 0.6 is 23.2 Å². The van der Waals surface area contributed by atoms with Crippen LogP contribution in [-0.4, -0.2) is 50.0 Å². The van der Waals surface area contributed by atoms with Crippen molar-refractivity contribution in [1.29, 1.82) is 0 Å². The number of carbonyl (C=O) groups excluding carboxylic acids is 2. The number of amides is 2. The van der Waals surface area contributed by atoms with Gasteiger partial charge in [0.05, 0.1) is 11.9 Å². The summed E-state index contributed by atoms with van der Waals surface area (Å²) in [6, 6.07) is 21.4. The normalized spacial score (nSPS) is 14.3. The number of anilines is 1. The SMILES string of the molecule is Cc1ccc(Cl)cc1N(CCCC(=O)N(Cc1ccc(Cl)cc1)[C@H](Cc1ccccc1)C(=O)NC1CCCC1)S(C)(=O)=O. The number of halogens is 2. The van der Waals surface area contributed by atoms with Crippen molar-refractivity contribution in [3.05, 3.63) is 99.5 Å². The van der Waals surface area contributed by atoms with Crippen molar-refractivity contribution in [1.82, 2.24) is 10.2 Å². The third-order valence-corrected chi connectivity index (χ3v) is 9.50. The molecule has 1 aliphatic carbocycles. The highest BCUT2D eigenvalue weighted by Gasteiger charge is 2.32. The molecule has 3 aromatic rings. The van der Waals surface area contributed by atoms with E-state index in [1.165, 1.54) is 4.31 Å². The van der Waals surface area contributed by atoms with E-state index in [0.29, 0.717) is 22.2 Å². The summed E-state index contributed by atoms with van der Waals surface area (Å²) in [6.45, 7) is 2.13. The first-order valence-corrected chi connectivity index (χ1v) is 17.2. The summed E-state index contributed by atoms with van der Waals surface area (Å²) in [5, 5.41) is 4.21. The van der Waals surface area contributed by atoms with Crippen LogP contribution in [0.3, 0.4) is 0 Å². The molecule has 0 spiro atoms. The molecule has 10 heteroatoms. The first kappa shape index (κ1) is 32.8. The maximum absolute atomic E-state index is 14.0. The van der Waals surface area contributed by atoms with Crippen LogP contribution in [-0.2, 0) is 32.6 Å². The minimum atomic E-state index is -3.64. The molecule has 43 heavy (non-hydrogen) atoms. The van der Waals surface area contributed by atoms with Crippen LogP contribution in [0.15, 0.2) is 72.8 Å². The molecule has 1 atom stereocenters. The monoisotopic (exact) mass is 643 g/mol. The molecule has 0 saturated heterocycles. The summed E-state index contributed by atoms with van der Waals surface area (Å²) in [5.74, 6) is -0.404. The Labute approximate surface area is 265 Å². The van der Waals surface area contributed by atoms with E-state index >= 15 is 0 Å². The number of rotatable bonds is 13. The fourth-order valence-corrected chi connectivity index (χ4v) is 6.85. The van der Waals surface area contributed by atoms with Gasteiger partial charge in [0.15, 0.2) is 0 Å². The second-order valence-corrected chi connectivity index (χ2v) is 14.0. The van der Waals surface area contributed by atoms with E-state index in [9.17, 15) is 18.0 Å². The highest BCUT2D eigenvalue weighted by atomic mass is 35.5. The Balaban J connectivity index is 1.59. The van der Waals surface area contributed by atoms with E-state index in [1.54, 1.807) is 35.2 Å². The number of nitrogens with zero attached hydrogens (tertiary/aromatic N) is 2. The number of sulfonamides is 1. The van der Waals surface area contributed by atoms with Crippen molar-refractivity contribution < 1.29 is 18.0 Å². The molecular weight excluding hydrogens is 605 g/mol. The van der Waals surface area contributed by atoms with Gasteiger partial charge in [-0.1, -0.05) is 84.6 Å². The topological polar surface area (TPSA) is 86.8 Å². The van der Waals surface area contributed by atoms with Crippen LogP contribution in [0.4, 0.5) is 5.69 Å². The second kappa shape index (κ2) is 15.1. The van der Waals surface area contributed by atoms with Gasteiger partial charge in [-0.2, -0.15) is 0 Å². The molecule has 2 amide bonds. The Morgan fingerprint density at radius 1 is 0.930 bits per heavy atom. The number of nitrogens with one attached hydrogen (secondary N) is 1. The van der Waals surface area contributed by atoms with E-state index in [2.05, 4.69) is 5.32 Å². The molecule has 0 radical (unpaired) electrons. The van der Waals surface area contributed by atoms with Crippen molar-refractivity contribution in [3.8, 4) is 0 Å². The predicted octanol–water partition coefficient (Wildman–Crippen LogP) is 6.55. The zero-order valence-corrected chi connectivity index (χ0v) is 27.0. The molecule has 0 heterocycles. The molecule has 7 nitrogen and oxygen atoms in total. The van der Waals surface area contributed by atoms with Crippen LogP contribution < -0.4 is 9.62 Å². The van der Waals surface area contributed by atoms with E-state index in [0.717, 1.165) is 48.6 Å². The van der Waals surface area contributed by atoms with Crippen molar-refractivity contribution in [3.63, 3.8) is 0 Å². The van der Waals surface area contributed by atoms with Gasteiger partial charge in [-0.25, -0.2) is 8.42 Å². The van der Waals surface area contributed by atoms with Gasteiger partial charge >= 0.3 is 0 Å². The van der Waals surface area contributed by atoms with E-state index < -0.39 is 16.1 Å². The van der Waals surface area contributed by atoms with Gasteiger partial charge in [-0.15, -0.1) is 0 Å². The smallest absolute Gasteiger partial charge is 0.243 e. The van der Waals surface area contributed by atoms with E-state index in [1.807, 2.05) is 49.4 Å². The van der Waals surface area contributed by atoms with Crippen LogP contribution in [0.2, 0.25) is 10.0 Å². The third kappa shape index (κ3) is 9.46. The van der Waals surface area contributed by atoms with Crippen LogP contribution in [0.1, 0.15) is 55.2 Å². The summed E-state index contributed by atoms with van der Waals surface area (Å²) < 4.78 is 26.8. The van der Waals surface area contributed by atoms with Gasteiger partial charge in [0.2, 0.25) is 21.8 Å². The maximum atomic E-state index is 14.0. The Hall–Kier alpha value is -3.07. The minimum Gasteiger partial charge on any atom is -0.352 e. The number of hydrogen-bond donors (Lipinski definition) is 1. The summed E-state index contributed by atoms with van der Waals surface area (Å²) in [5.41, 5.74) is 3.04. The summed E-state index contributed by atoms with van der Waals surface area (Å²) in [4.78, 5) is 29.5. The number of benzene rings is 3. The zero-order valence-electron chi connectivity index (χ0n) is 24.6. The molecule has 1 fully saturated rings. The molecule has 3 aromatic carbocycles. The van der Waals surface area contributed by atoms with Gasteiger partial charge in [0, 0.05) is 42.0 Å². The molecule has 0 unspecified atom stereocenters. The van der Waals surface area contributed by atoms with E-state index in [-0.39, 0.29) is 43.8 Å². The minimum absolute atomic E-state index is 0.0568. The van der Waals surface area contributed by atoms with Crippen LogP contribution in [0.25, 0.3) is 0 Å². The predicted molar refractivity (Wildman–Crippen MR) is 174 cm³/mol. The summed E-state index contributed by atoms with van der Waals surface area (Å²) in [6.07, 6.45) is 5.83. The van der Waals surface area contributed by atoms with Crippen molar-refractivity contribution in [2.75, 3.05) is 17.1 Å². The lowest BCUT2D eigenvalue weighted by Crippen LogP contribution is -2.52. The fourth-order valence-electron chi connectivity index (χ4n) is 5.54. The average Bonchev–Trinajstić information content (AvgIpc) is 3.48. The second-order valence-electron chi connectivity index (χ2n) is 11.2. The Morgan fingerprint density at radius 3 is 2.23 bits per heavy atom. The first-order chi connectivity index (χ1) is 20.5. The van der Waals surface area contributed by atoms with Gasteiger partial charge in [0.25, 0.3) is 0 Å². The van der Waals surface area contributed by atoms with Crippen molar-refractivity contribution in [2.45, 2.75) is 70.5 Å². The molecular formula is C33H39Cl2N3O4S. The summed E-state index contributed by atoms with van der Waals surface area (Å²) >= 11 is 12.3. The lowest BCUT2D eigenvalue weighted by Gasteiger charge is -2.33. The molecule has 1 N–H and O–H groups in total. The Kier molecular flexibility index (Phi) is 11.5. The van der Waals surface area contributed by atoms with Gasteiger partial charge < -0.3 is 10.2 Å². The molecule has 0 aliphatic heterocycles. The van der Waals surface area contributed by atoms with Crippen LogP contribution in [0, 0.1) is 6.92 Å². The van der Waals surface area contributed by atoms with Crippen molar-refractivity contribution in [2.24, 2.45) is 0 Å². The quantitative estimate of drug-likeness (QED) is 0.229. The molecule has 4 rings (SSSR count). The van der Waals surface area contributed by atoms with Gasteiger partial charge in [0.1, 0.15) is 6.04 Å². The Bertz CT molecular complexity index is 1490. The average molecular weight is 645 g/mol. The first-order valence-electron chi connectivity index (χ1n) is 14.6. The van der Waals surface area contributed by atoms with Crippen LogP contribution in [0.5, 0.6) is 0 Å². The fraction of sp³-hybridized carbons (Fsp3) is 0.394. The standard InChI is InChI=1S/C33H39Cl2N3O4S/c1-24-14-17-28(35)22-30(24)38(43(2,41)42)20-8-13-32(39)37(23-26-15-18-27(34)19-16-26)31(21-25-9-4-3-5-10-25)33(40)36-29-11-6-7-12-29/h3-5,9-10,14-19,22,29,31H,6-8,11-13,20-21,23H2,1-2H3,(H,36,40)/t31-/m1/s1. The maximum Gasteiger partial charge on any atom is 0.243 e. The Morgan fingerprint density at radius 2 is 1.58 bits per heavy atom. The molecule has 1 saturated carbocycles. The molecule has 1 aliphatic rings. The number of hydrogen-bond acceptors (Lipinski definition) is 4.